The molecule has 10 heteroatoms. The summed E-state index contributed by atoms with van der Waals surface area (Å²) in [4.78, 5) is 33.8. The lowest BCUT2D eigenvalue weighted by atomic mass is 10.3. The number of piperazine rings is 1. The lowest BCUT2D eigenvalue weighted by molar-refractivity contribution is 0.207. The minimum Gasteiger partial charge on any atom is -0.478 e. The smallest absolute Gasteiger partial charge is 0.323 e. The summed E-state index contributed by atoms with van der Waals surface area (Å²) in [6, 6.07) is 6.69. The van der Waals surface area contributed by atoms with E-state index in [0.29, 0.717) is 48.2 Å². The number of rotatable bonds is 3. The number of methoxy groups -OCH3 is 1. The van der Waals surface area contributed by atoms with Gasteiger partial charge in [0.25, 0.3) is 5.88 Å². The minimum absolute atomic E-state index is 0.250. The Morgan fingerprint density at radius 3 is 2.57 bits per heavy atom. The Balaban J connectivity index is 1.46. The lowest BCUT2D eigenvalue weighted by Crippen LogP contribution is -2.50. The van der Waals surface area contributed by atoms with Gasteiger partial charge >= 0.3 is 6.03 Å². The van der Waals surface area contributed by atoms with Crippen LogP contribution in [0.5, 0.6) is 5.88 Å². The summed E-state index contributed by atoms with van der Waals surface area (Å²) in [7, 11) is 1.49. The first-order valence-corrected chi connectivity index (χ1v) is 9.11. The summed E-state index contributed by atoms with van der Waals surface area (Å²) >= 11 is 6.03. The molecule has 0 unspecified atom stereocenters. The summed E-state index contributed by atoms with van der Waals surface area (Å²) in [6.07, 6.45) is 3.41. The van der Waals surface area contributed by atoms with E-state index in [-0.39, 0.29) is 17.7 Å². The zero-order chi connectivity index (χ0) is 19.5. The summed E-state index contributed by atoms with van der Waals surface area (Å²) in [5.41, 5.74) is 1.21. The highest BCUT2D eigenvalue weighted by molar-refractivity contribution is 6.31. The van der Waals surface area contributed by atoms with E-state index in [1.54, 1.807) is 41.6 Å². The van der Waals surface area contributed by atoms with E-state index in [1.165, 1.54) is 7.11 Å². The number of benzene rings is 1. The first-order chi connectivity index (χ1) is 13.6. The third-order valence-corrected chi connectivity index (χ3v) is 4.65. The van der Waals surface area contributed by atoms with E-state index in [2.05, 4.69) is 25.3 Å². The zero-order valence-electron chi connectivity index (χ0n) is 15.2. The molecular weight excluding hydrogens is 382 g/mol. The molecule has 0 bridgehead atoms. The number of nitrogens with one attached hydrogen (secondary N) is 1. The van der Waals surface area contributed by atoms with Crippen LogP contribution in [0, 0.1) is 0 Å². The van der Waals surface area contributed by atoms with Crippen molar-refractivity contribution in [3.63, 3.8) is 0 Å². The Kier molecular flexibility index (Phi) is 5.07. The topological polar surface area (TPSA) is 96.4 Å². The molecule has 0 aliphatic carbocycles. The van der Waals surface area contributed by atoms with Gasteiger partial charge in [0.2, 0.25) is 5.95 Å². The Labute approximate surface area is 166 Å². The number of hydrogen-bond donors (Lipinski definition) is 1. The van der Waals surface area contributed by atoms with Gasteiger partial charge < -0.3 is 14.5 Å². The molecule has 3 aromatic rings. The number of ether oxygens (including phenoxy) is 1. The van der Waals surface area contributed by atoms with E-state index >= 15 is 0 Å². The molecule has 4 rings (SSSR count). The van der Waals surface area contributed by atoms with Crippen LogP contribution < -0.4 is 15.0 Å². The van der Waals surface area contributed by atoms with Gasteiger partial charge in [0.05, 0.1) is 18.1 Å². The molecule has 3 heterocycles. The van der Waals surface area contributed by atoms with Crippen LogP contribution in [-0.4, -0.2) is 64.2 Å². The second-order valence-corrected chi connectivity index (χ2v) is 6.60. The molecule has 1 N–H and O–H groups in total. The molecule has 1 aromatic carbocycles. The van der Waals surface area contributed by atoms with Crippen LogP contribution in [0.4, 0.5) is 16.6 Å². The fourth-order valence-electron chi connectivity index (χ4n) is 2.98. The molecular formula is C18H18ClN7O2. The molecule has 2 aromatic heterocycles. The molecule has 1 saturated heterocycles. The molecule has 1 fully saturated rings. The summed E-state index contributed by atoms with van der Waals surface area (Å²) in [5.74, 6) is 1.18. The molecule has 0 spiro atoms. The molecule has 1 aliphatic rings. The van der Waals surface area contributed by atoms with E-state index in [1.807, 2.05) is 4.90 Å². The van der Waals surface area contributed by atoms with Crippen molar-refractivity contribution in [1.82, 2.24) is 24.8 Å². The van der Waals surface area contributed by atoms with Gasteiger partial charge in [-0.15, -0.1) is 0 Å². The quantitative estimate of drug-likeness (QED) is 0.722. The lowest BCUT2D eigenvalue weighted by Gasteiger charge is -2.34. The Morgan fingerprint density at radius 1 is 1.11 bits per heavy atom. The van der Waals surface area contributed by atoms with Crippen molar-refractivity contribution in [1.29, 1.82) is 0 Å². The van der Waals surface area contributed by atoms with Gasteiger partial charge in [0.1, 0.15) is 0 Å². The number of carbonyl (C=O) groups is 1. The standard InChI is InChI=1S/C18H18ClN7O2/c1-28-16-15(22-14-11-12(19)3-4-13(14)23-16)24-18(27)26-9-7-25(8-10-26)17-20-5-2-6-21-17/h2-6,11H,7-10H2,1H3,(H,22,24,27). The molecule has 0 radical (unpaired) electrons. The van der Waals surface area contributed by atoms with Crippen molar-refractivity contribution >= 4 is 40.4 Å². The molecule has 0 saturated carbocycles. The molecule has 2 amide bonds. The SMILES string of the molecule is COc1nc2ccc(Cl)cc2nc1NC(=O)N1CCN(c2ncccn2)CC1. The van der Waals surface area contributed by atoms with Crippen molar-refractivity contribution in [2.75, 3.05) is 43.5 Å². The van der Waals surface area contributed by atoms with E-state index < -0.39 is 0 Å². The first-order valence-electron chi connectivity index (χ1n) is 8.73. The second-order valence-electron chi connectivity index (χ2n) is 6.17. The van der Waals surface area contributed by atoms with Gasteiger partial charge in [0.15, 0.2) is 5.82 Å². The maximum absolute atomic E-state index is 12.7. The van der Waals surface area contributed by atoms with Crippen molar-refractivity contribution in [2.45, 2.75) is 0 Å². The first kappa shape index (κ1) is 18.2. The maximum atomic E-state index is 12.7. The van der Waals surface area contributed by atoms with Gasteiger partial charge in [-0.1, -0.05) is 11.6 Å². The molecule has 9 nitrogen and oxygen atoms in total. The van der Waals surface area contributed by atoms with Crippen molar-refractivity contribution in [3.05, 3.63) is 41.7 Å². The summed E-state index contributed by atoms with van der Waals surface area (Å²) < 4.78 is 5.28. The second kappa shape index (κ2) is 7.81. The average Bonchev–Trinajstić information content (AvgIpc) is 2.74. The highest BCUT2D eigenvalue weighted by Gasteiger charge is 2.24. The number of amides is 2. The average molecular weight is 400 g/mol. The summed E-state index contributed by atoms with van der Waals surface area (Å²) in [5, 5.41) is 3.34. The fraction of sp³-hybridized carbons (Fsp3) is 0.278. The van der Waals surface area contributed by atoms with Crippen LogP contribution >= 0.6 is 11.6 Å². The van der Waals surface area contributed by atoms with Gasteiger partial charge in [-0.2, -0.15) is 0 Å². The minimum atomic E-state index is -0.261. The van der Waals surface area contributed by atoms with Crippen LogP contribution in [0.3, 0.4) is 0 Å². The van der Waals surface area contributed by atoms with Gasteiger partial charge in [-0.25, -0.2) is 24.7 Å². The molecule has 0 atom stereocenters. The third kappa shape index (κ3) is 3.74. The Morgan fingerprint density at radius 2 is 1.86 bits per heavy atom. The fourth-order valence-corrected chi connectivity index (χ4v) is 3.15. The Hall–Kier alpha value is -3.20. The summed E-state index contributed by atoms with van der Waals surface area (Å²) in [6.45, 7) is 2.37. The predicted molar refractivity (Wildman–Crippen MR) is 106 cm³/mol. The monoisotopic (exact) mass is 399 g/mol. The van der Waals surface area contributed by atoms with Crippen molar-refractivity contribution < 1.29 is 9.53 Å². The number of nitrogens with zero attached hydrogens (tertiary/aromatic N) is 6. The number of urea groups is 1. The van der Waals surface area contributed by atoms with Crippen molar-refractivity contribution in [2.24, 2.45) is 0 Å². The van der Waals surface area contributed by atoms with Gasteiger partial charge in [-0.3, -0.25) is 5.32 Å². The predicted octanol–water partition coefficient (Wildman–Crippen LogP) is 2.44. The highest BCUT2D eigenvalue weighted by Crippen LogP contribution is 2.25. The van der Waals surface area contributed by atoms with Crippen molar-refractivity contribution in [3.8, 4) is 5.88 Å². The number of fused-ring (bicyclic) bond motifs is 1. The Bertz CT molecular complexity index is 994. The van der Waals surface area contributed by atoms with E-state index in [9.17, 15) is 4.79 Å². The molecule has 28 heavy (non-hydrogen) atoms. The normalized spacial score (nSPS) is 14.2. The number of hydrogen-bond acceptors (Lipinski definition) is 7. The number of anilines is 2. The van der Waals surface area contributed by atoms with Crippen LogP contribution in [-0.2, 0) is 0 Å². The highest BCUT2D eigenvalue weighted by atomic mass is 35.5. The van der Waals surface area contributed by atoms with E-state index in [4.69, 9.17) is 16.3 Å². The number of aromatic nitrogens is 4. The largest absolute Gasteiger partial charge is 0.478 e. The number of carbonyl (C=O) groups excluding carboxylic acids is 1. The van der Waals surface area contributed by atoms with Gasteiger partial charge in [-0.05, 0) is 24.3 Å². The van der Waals surface area contributed by atoms with Crippen LogP contribution in [0.15, 0.2) is 36.7 Å². The van der Waals surface area contributed by atoms with E-state index in [0.717, 1.165) is 0 Å². The zero-order valence-corrected chi connectivity index (χ0v) is 15.9. The van der Waals surface area contributed by atoms with Gasteiger partial charge in [0, 0.05) is 43.6 Å². The molecule has 144 valence electrons. The maximum Gasteiger partial charge on any atom is 0.323 e. The van der Waals surface area contributed by atoms with Crippen LogP contribution in [0.2, 0.25) is 5.02 Å². The number of halogens is 1. The van der Waals surface area contributed by atoms with Crippen LogP contribution in [0.1, 0.15) is 0 Å². The van der Waals surface area contributed by atoms with Crippen LogP contribution in [0.25, 0.3) is 11.0 Å². The third-order valence-electron chi connectivity index (χ3n) is 4.41. The molecule has 1 aliphatic heterocycles.